The van der Waals surface area contributed by atoms with E-state index in [0.717, 1.165) is 0 Å². The van der Waals surface area contributed by atoms with Gasteiger partial charge in [0.2, 0.25) is 11.8 Å². The van der Waals surface area contributed by atoms with Gasteiger partial charge in [-0.2, -0.15) is 10.5 Å². The lowest BCUT2D eigenvalue weighted by atomic mass is 10.2. The molecule has 0 radical (unpaired) electrons. The first-order chi connectivity index (χ1) is 20.1. The second kappa shape index (κ2) is 15.4. The van der Waals surface area contributed by atoms with Gasteiger partial charge in [0.05, 0.1) is 39.9 Å². The Balaban J connectivity index is 0.000000231. The first-order valence-corrected chi connectivity index (χ1v) is 13.7. The predicted octanol–water partition coefficient (Wildman–Crippen LogP) is 10.1. The summed E-state index contributed by atoms with van der Waals surface area (Å²) in [6, 6.07) is 15.0. The summed E-state index contributed by atoms with van der Waals surface area (Å²) in [7, 11) is 0. The molecular formula is C26H12BrCl4F2N7O2. The average molecular weight is 714 g/mol. The van der Waals surface area contributed by atoms with Gasteiger partial charge >= 0.3 is 0 Å². The summed E-state index contributed by atoms with van der Waals surface area (Å²) in [6.07, 6.45) is 0. The van der Waals surface area contributed by atoms with Crippen LogP contribution in [-0.2, 0) is 11.9 Å². The highest BCUT2D eigenvalue weighted by molar-refractivity contribution is 9.08. The molecule has 0 amide bonds. The molecule has 42 heavy (non-hydrogen) atoms. The van der Waals surface area contributed by atoms with E-state index in [4.69, 9.17) is 71.9 Å². The lowest BCUT2D eigenvalue weighted by Gasteiger charge is -2.10. The molecule has 0 saturated carbocycles. The van der Waals surface area contributed by atoms with Crippen molar-refractivity contribution in [2.24, 2.45) is 5.11 Å². The highest BCUT2D eigenvalue weighted by atomic mass is 79.9. The lowest BCUT2D eigenvalue weighted by molar-refractivity contribution is 0.424. The fourth-order valence-corrected chi connectivity index (χ4v) is 4.26. The van der Waals surface area contributed by atoms with Gasteiger partial charge in [-0.3, -0.25) is 0 Å². The number of benzene rings is 2. The molecule has 0 bridgehead atoms. The van der Waals surface area contributed by atoms with Crippen molar-refractivity contribution < 1.29 is 18.3 Å². The summed E-state index contributed by atoms with van der Waals surface area (Å²) < 4.78 is 39.1. The van der Waals surface area contributed by atoms with Gasteiger partial charge in [0.25, 0.3) is 0 Å². The molecule has 0 aliphatic rings. The topological polar surface area (TPSA) is 141 Å². The van der Waals surface area contributed by atoms with Gasteiger partial charge in [-0.15, -0.1) is 0 Å². The van der Waals surface area contributed by atoms with Crippen molar-refractivity contribution in [3.8, 4) is 35.4 Å². The minimum atomic E-state index is -0.778. The van der Waals surface area contributed by atoms with Crippen molar-refractivity contribution >= 4 is 62.3 Å². The van der Waals surface area contributed by atoms with Gasteiger partial charge in [0.15, 0.2) is 23.1 Å². The van der Waals surface area contributed by atoms with E-state index in [-0.39, 0.29) is 66.8 Å². The van der Waals surface area contributed by atoms with Crippen LogP contribution in [0.15, 0.2) is 53.6 Å². The number of nitrogens with zero attached hydrogens (tertiary/aromatic N) is 7. The zero-order valence-corrected chi connectivity index (χ0v) is 25.2. The molecule has 0 fully saturated rings. The lowest BCUT2D eigenvalue weighted by Crippen LogP contribution is -1.97. The molecule has 0 aliphatic heterocycles. The third-order valence-electron chi connectivity index (χ3n) is 4.92. The van der Waals surface area contributed by atoms with Crippen LogP contribution in [0.1, 0.15) is 22.3 Å². The molecule has 0 atom stereocenters. The quantitative estimate of drug-likeness (QED) is 0.0614. The summed E-state index contributed by atoms with van der Waals surface area (Å²) >= 11 is 26.5. The molecule has 212 valence electrons. The Bertz CT molecular complexity index is 1780. The molecular weight excluding hydrogens is 702 g/mol. The highest BCUT2D eigenvalue weighted by Crippen LogP contribution is 2.35. The monoisotopic (exact) mass is 711 g/mol. The number of halogens is 7. The van der Waals surface area contributed by atoms with Crippen LogP contribution in [0, 0.1) is 34.3 Å². The van der Waals surface area contributed by atoms with E-state index in [1.54, 1.807) is 6.07 Å². The van der Waals surface area contributed by atoms with Crippen molar-refractivity contribution in [2.45, 2.75) is 11.9 Å². The van der Waals surface area contributed by atoms with Gasteiger partial charge in [-0.25, -0.2) is 18.7 Å². The van der Waals surface area contributed by atoms with Crippen LogP contribution in [0.5, 0.6) is 23.3 Å². The second-order valence-electron chi connectivity index (χ2n) is 7.68. The first kappa shape index (κ1) is 32.6. The zero-order valence-electron chi connectivity index (χ0n) is 20.6. The number of aromatic nitrogens is 2. The number of hydrogen-bond acceptors (Lipinski definition) is 7. The van der Waals surface area contributed by atoms with Gasteiger partial charge in [0, 0.05) is 27.9 Å². The molecule has 9 nitrogen and oxygen atoms in total. The molecule has 2 heterocycles. The summed E-state index contributed by atoms with van der Waals surface area (Å²) in [5.74, 6) is -1.88. The maximum absolute atomic E-state index is 14.3. The molecule has 2 aromatic heterocycles. The van der Waals surface area contributed by atoms with Gasteiger partial charge in [-0.05, 0) is 35.4 Å². The second-order valence-corrected chi connectivity index (χ2v) is 9.83. The number of ether oxygens (including phenoxy) is 2. The average Bonchev–Trinajstić information content (AvgIpc) is 2.97. The predicted molar refractivity (Wildman–Crippen MR) is 156 cm³/mol. The smallest absolute Gasteiger partial charge is 0.222 e. The van der Waals surface area contributed by atoms with E-state index in [1.165, 1.54) is 42.5 Å². The summed E-state index contributed by atoms with van der Waals surface area (Å²) in [5, 5.41) is 21.5. The van der Waals surface area contributed by atoms with E-state index < -0.39 is 11.6 Å². The van der Waals surface area contributed by atoms with Crippen LogP contribution in [-0.4, -0.2) is 9.97 Å². The molecule has 0 unspecified atom stereocenters. The largest absolute Gasteiger partial charge is 0.434 e. The Labute approximate surface area is 265 Å². The molecule has 4 rings (SSSR count). The molecule has 0 saturated heterocycles. The fraction of sp³-hybridized carbons (Fsp3) is 0.0769. The Morgan fingerprint density at radius 2 is 1.26 bits per heavy atom. The summed E-state index contributed by atoms with van der Waals surface area (Å²) in [4.78, 5) is 10.3. The minimum Gasteiger partial charge on any atom is -0.434 e. The number of pyridine rings is 2. The van der Waals surface area contributed by atoms with E-state index >= 15 is 0 Å². The molecule has 0 N–H and O–H groups in total. The fourth-order valence-electron chi connectivity index (χ4n) is 3.06. The molecule has 4 aromatic rings. The minimum absolute atomic E-state index is 0.00146. The molecule has 0 spiro atoms. The molecule has 0 aliphatic carbocycles. The van der Waals surface area contributed by atoms with Crippen molar-refractivity contribution in [1.82, 2.24) is 9.97 Å². The summed E-state index contributed by atoms with van der Waals surface area (Å²) in [6.45, 7) is -0.192. The van der Waals surface area contributed by atoms with Crippen molar-refractivity contribution in [3.05, 3.63) is 113 Å². The van der Waals surface area contributed by atoms with Crippen LogP contribution in [0.25, 0.3) is 10.4 Å². The molecule has 16 heteroatoms. The van der Waals surface area contributed by atoms with Crippen LogP contribution in [0.2, 0.25) is 20.4 Å². The Morgan fingerprint density at radius 1 is 0.810 bits per heavy atom. The van der Waals surface area contributed by atoms with Crippen LogP contribution < -0.4 is 9.47 Å². The first-order valence-electron chi connectivity index (χ1n) is 11.1. The third kappa shape index (κ3) is 8.57. The van der Waals surface area contributed by atoms with Gasteiger partial charge < -0.3 is 9.47 Å². The van der Waals surface area contributed by atoms with Crippen LogP contribution in [0.4, 0.5) is 8.78 Å². The van der Waals surface area contributed by atoms with E-state index in [2.05, 4.69) is 35.9 Å². The van der Waals surface area contributed by atoms with E-state index in [1.807, 2.05) is 12.1 Å². The van der Waals surface area contributed by atoms with Gasteiger partial charge in [0.1, 0.15) is 10.3 Å². The highest BCUT2D eigenvalue weighted by Gasteiger charge is 2.17. The Kier molecular flexibility index (Phi) is 12.0. The van der Waals surface area contributed by atoms with E-state index in [9.17, 15) is 8.78 Å². The SMILES string of the molecule is N#Cc1cc(Cl)nc(Oc2c(Cl)ccc(CBr)c2F)c1.N#Cc1cc(Cl)nc(Oc2c(Cl)ccc(CN=[N+]=[N-])c2F)c1. The van der Waals surface area contributed by atoms with Crippen molar-refractivity contribution in [3.63, 3.8) is 0 Å². The summed E-state index contributed by atoms with van der Waals surface area (Å²) in [5.41, 5.74) is 9.26. The standard InChI is InChI=1S/C13H6BrCl2FN2O.C13H6Cl2FN5O/c14-5-8-1-2-9(15)13(12(8)17)20-11-4-7(6-18)3-10(16)19-11;14-9-2-1-8(6-19-21-18)12(16)13(9)22-11-4-7(5-17)3-10(15)20-11/h1-4H,5H2;1-4H,6H2. The third-order valence-corrected chi connectivity index (χ3v) is 6.51. The zero-order chi connectivity index (χ0) is 30.8. The number of rotatable bonds is 7. The number of nitriles is 2. The van der Waals surface area contributed by atoms with Crippen molar-refractivity contribution in [2.75, 3.05) is 0 Å². The van der Waals surface area contributed by atoms with Gasteiger partial charge in [-0.1, -0.05) is 79.6 Å². The maximum atomic E-state index is 14.3. The van der Waals surface area contributed by atoms with Crippen LogP contribution in [0.3, 0.4) is 0 Å². The normalized spacial score (nSPS) is 9.93. The Hall–Kier alpha value is -3.87. The number of hydrogen-bond donors (Lipinski definition) is 0. The Morgan fingerprint density at radius 3 is 1.69 bits per heavy atom. The van der Waals surface area contributed by atoms with Crippen molar-refractivity contribution in [1.29, 1.82) is 10.5 Å². The van der Waals surface area contributed by atoms with Crippen LogP contribution >= 0.6 is 62.3 Å². The number of azide groups is 1. The number of alkyl halides is 1. The molecule has 2 aromatic carbocycles. The van der Waals surface area contributed by atoms with E-state index in [0.29, 0.717) is 10.9 Å². The maximum Gasteiger partial charge on any atom is 0.222 e.